The fourth-order valence-corrected chi connectivity index (χ4v) is 5.27. The number of likely N-dealkylation sites (N-methyl/N-ethyl adjacent to an activating group) is 1. The van der Waals surface area contributed by atoms with E-state index in [9.17, 15) is 14.7 Å². The highest BCUT2D eigenvalue weighted by atomic mass is 16.7. The van der Waals surface area contributed by atoms with Crippen LogP contribution < -0.4 is 14.2 Å². The molecular weight excluding hydrogens is 460 g/mol. The fourth-order valence-electron chi connectivity index (χ4n) is 5.27. The monoisotopic (exact) mass is 496 g/mol. The second-order valence-electron chi connectivity index (χ2n) is 9.61. The molecule has 1 N–H and O–H groups in total. The van der Waals surface area contributed by atoms with Crippen LogP contribution >= 0.6 is 0 Å². The average Bonchev–Trinajstić information content (AvgIpc) is 3.50. The number of carbonyl (C=O) groups excluding carboxylic acids is 1. The number of methoxy groups -OCH3 is 1. The maximum absolute atomic E-state index is 13.2. The van der Waals surface area contributed by atoms with Crippen molar-refractivity contribution < 1.29 is 28.9 Å². The van der Waals surface area contributed by atoms with Gasteiger partial charge in [-0.15, -0.1) is 0 Å². The second kappa shape index (κ2) is 11.6. The Balaban J connectivity index is 1.61. The zero-order valence-electron chi connectivity index (χ0n) is 21.3. The lowest BCUT2D eigenvalue weighted by Gasteiger charge is -2.28. The van der Waals surface area contributed by atoms with Gasteiger partial charge in [0.25, 0.3) is 0 Å². The Labute approximate surface area is 212 Å². The van der Waals surface area contributed by atoms with Crippen LogP contribution in [-0.4, -0.2) is 67.4 Å². The van der Waals surface area contributed by atoms with E-state index in [1.807, 2.05) is 54.4 Å². The molecule has 0 radical (unpaired) electrons. The smallest absolute Gasteiger partial charge is 0.309 e. The highest BCUT2D eigenvalue weighted by Gasteiger charge is 2.48. The van der Waals surface area contributed by atoms with Gasteiger partial charge in [0, 0.05) is 32.1 Å². The van der Waals surface area contributed by atoms with Gasteiger partial charge in [0.1, 0.15) is 5.75 Å². The first-order valence-corrected chi connectivity index (χ1v) is 12.7. The maximum Gasteiger partial charge on any atom is 0.309 e. The summed E-state index contributed by atoms with van der Waals surface area (Å²) in [5.41, 5.74) is 1.72. The summed E-state index contributed by atoms with van der Waals surface area (Å²) in [6.07, 6.45) is 4.37. The van der Waals surface area contributed by atoms with E-state index in [2.05, 4.69) is 6.92 Å². The highest BCUT2D eigenvalue weighted by molar-refractivity contribution is 5.79. The molecular formula is C28H36N2O6. The van der Waals surface area contributed by atoms with E-state index in [0.29, 0.717) is 30.3 Å². The largest absolute Gasteiger partial charge is 0.497 e. The summed E-state index contributed by atoms with van der Waals surface area (Å²) in [6, 6.07) is 12.6. The van der Waals surface area contributed by atoms with Crippen molar-refractivity contribution in [2.45, 2.75) is 44.6 Å². The van der Waals surface area contributed by atoms with E-state index in [1.165, 1.54) is 0 Å². The number of unbranched alkanes of at least 4 members (excludes halogenated alkanes) is 3. The summed E-state index contributed by atoms with van der Waals surface area (Å²) in [6.45, 7) is 3.63. The number of hydrogen-bond acceptors (Lipinski definition) is 6. The van der Waals surface area contributed by atoms with E-state index in [4.69, 9.17) is 14.2 Å². The fraction of sp³-hybridized carbons (Fsp3) is 0.500. The van der Waals surface area contributed by atoms with Crippen LogP contribution in [0.3, 0.4) is 0 Å². The molecule has 194 valence electrons. The van der Waals surface area contributed by atoms with Crippen molar-refractivity contribution in [3.8, 4) is 17.2 Å². The topological polar surface area (TPSA) is 88.5 Å². The molecule has 2 aromatic carbocycles. The summed E-state index contributed by atoms with van der Waals surface area (Å²) in [7, 11) is 3.43. The lowest BCUT2D eigenvalue weighted by molar-refractivity contribution is -0.143. The number of fused-ring (bicyclic) bond motifs is 1. The van der Waals surface area contributed by atoms with Gasteiger partial charge >= 0.3 is 5.97 Å². The minimum absolute atomic E-state index is 0.000450. The average molecular weight is 497 g/mol. The Kier molecular flexibility index (Phi) is 8.36. The van der Waals surface area contributed by atoms with Crippen LogP contribution in [0.1, 0.15) is 55.7 Å². The summed E-state index contributed by atoms with van der Waals surface area (Å²) >= 11 is 0. The number of nitrogens with zero attached hydrogens (tertiary/aromatic N) is 2. The van der Waals surface area contributed by atoms with Crippen LogP contribution in [-0.2, 0) is 9.59 Å². The minimum Gasteiger partial charge on any atom is -0.497 e. The van der Waals surface area contributed by atoms with E-state index in [-0.39, 0.29) is 25.2 Å². The van der Waals surface area contributed by atoms with Gasteiger partial charge in [-0.05, 0) is 41.8 Å². The number of carbonyl (C=O) groups is 2. The molecule has 1 saturated heterocycles. The molecule has 36 heavy (non-hydrogen) atoms. The number of carboxylic acid groups (broad SMARTS) is 1. The van der Waals surface area contributed by atoms with Crippen LogP contribution in [0.4, 0.5) is 0 Å². The first kappa shape index (κ1) is 25.8. The maximum atomic E-state index is 13.2. The molecule has 0 aromatic heterocycles. The minimum atomic E-state index is -0.888. The Morgan fingerprint density at radius 1 is 1.06 bits per heavy atom. The Hall–Kier alpha value is -3.26. The molecule has 3 atom stereocenters. The van der Waals surface area contributed by atoms with Crippen molar-refractivity contribution in [3.05, 3.63) is 53.6 Å². The predicted octanol–water partition coefficient (Wildman–Crippen LogP) is 4.30. The van der Waals surface area contributed by atoms with Gasteiger partial charge in [-0.1, -0.05) is 44.4 Å². The number of hydrogen-bond donors (Lipinski definition) is 1. The van der Waals surface area contributed by atoms with E-state index < -0.39 is 17.9 Å². The van der Waals surface area contributed by atoms with Crippen molar-refractivity contribution in [1.29, 1.82) is 0 Å². The summed E-state index contributed by atoms with van der Waals surface area (Å²) in [5, 5.41) is 10.4. The lowest BCUT2D eigenvalue weighted by atomic mass is 9.82. The summed E-state index contributed by atoms with van der Waals surface area (Å²) in [4.78, 5) is 29.7. The van der Waals surface area contributed by atoms with Gasteiger partial charge in [0.2, 0.25) is 12.7 Å². The van der Waals surface area contributed by atoms with Crippen LogP contribution in [0, 0.1) is 5.92 Å². The van der Waals surface area contributed by atoms with Gasteiger partial charge in [-0.3, -0.25) is 14.5 Å². The molecule has 4 rings (SSSR count). The number of likely N-dealkylation sites (tertiary alicyclic amines) is 1. The molecule has 8 nitrogen and oxygen atoms in total. The SMILES string of the molecule is CCCCCCN(C)C(=O)CN1C[C@H](c2ccc3c(c2)OCO3)[C@H](C(=O)O)[C@H]1c1ccc(OC)cc1. The molecule has 0 unspecified atom stereocenters. The van der Waals surface area contributed by atoms with Crippen LogP contribution in [0.25, 0.3) is 0 Å². The molecule has 2 aromatic rings. The number of aliphatic carboxylic acids is 1. The van der Waals surface area contributed by atoms with Gasteiger partial charge in [-0.25, -0.2) is 0 Å². The van der Waals surface area contributed by atoms with Crippen molar-refractivity contribution in [1.82, 2.24) is 9.80 Å². The van der Waals surface area contributed by atoms with E-state index >= 15 is 0 Å². The number of rotatable bonds is 11. The molecule has 2 aliphatic rings. The molecule has 2 heterocycles. The number of ether oxygens (including phenoxy) is 3. The van der Waals surface area contributed by atoms with Gasteiger partial charge < -0.3 is 24.2 Å². The number of benzene rings is 2. The molecule has 1 amide bonds. The highest BCUT2D eigenvalue weighted by Crippen LogP contribution is 2.47. The van der Waals surface area contributed by atoms with Crippen molar-refractivity contribution in [2.75, 3.05) is 40.6 Å². The lowest BCUT2D eigenvalue weighted by Crippen LogP contribution is -2.39. The van der Waals surface area contributed by atoms with Crippen LogP contribution in [0.2, 0.25) is 0 Å². The quantitative estimate of drug-likeness (QED) is 0.464. The third kappa shape index (κ3) is 5.59. The molecule has 8 heteroatoms. The number of amides is 1. The Morgan fingerprint density at radius 2 is 1.78 bits per heavy atom. The van der Waals surface area contributed by atoms with E-state index in [1.54, 1.807) is 12.0 Å². The normalized spacial score (nSPS) is 20.9. The van der Waals surface area contributed by atoms with Gasteiger partial charge in [0.05, 0.1) is 19.6 Å². The first-order chi connectivity index (χ1) is 17.4. The second-order valence-corrected chi connectivity index (χ2v) is 9.61. The van der Waals surface area contributed by atoms with Gasteiger partial charge in [-0.2, -0.15) is 0 Å². The zero-order chi connectivity index (χ0) is 25.7. The third-order valence-electron chi connectivity index (χ3n) is 7.28. The van der Waals surface area contributed by atoms with Crippen molar-refractivity contribution >= 4 is 11.9 Å². The Morgan fingerprint density at radius 3 is 2.47 bits per heavy atom. The van der Waals surface area contributed by atoms with Crippen LogP contribution in [0.5, 0.6) is 17.2 Å². The number of carboxylic acids is 1. The van der Waals surface area contributed by atoms with E-state index in [0.717, 1.165) is 36.8 Å². The molecule has 0 spiro atoms. The summed E-state index contributed by atoms with van der Waals surface area (Å²) in [5.74, 6) is 0.0476. The standard InChI is InChI=1S/C28H36N2O6/c1-4-5-6-7-14-29(2)25(31)17-30-16-22(20-10-13-23-24(15-20)36-18-35-23)26(28(32)33)27(30)19-8-11-21(34-3)12-9-19/h8-13,15,22,26-27H,4-7,14,16-18H2,1-3H3,(H,32,33)/t22-,26+,27-/m1/s1. The third-order valence-corrected chi connectivity index (χ3v) is 7.28. The molecule has 0 bridgehead atoms. The molecule has 2 aliphatic heterocycles. The first-order valence-electron chi connectivity index (χ1n) is 12.7. The molecule has 1 fully saturated rings. The Bertz CT molecular complexity index is 1060. The molecule has 0 aliphatic carbocycles. The summed E-state index contributed by atoms with van der Waals surface area (Å²) < 4.78 is 16.3. The van der Waals surface area contributed by atoms with Crippen molar-refractivity contribution in [2.24, 2.45) is 5.92 Å². The molecule has 0 saturated carbocycles. The van der Waals surface area contributed by atoms with Crippen LogP contribution in [0.15, 0.2) is 42.5 Å². The zero-order valence-corrected chi connectivity index (χ0v) is 21.3. The van der Waals surface area contributed by atoms with Crippen molar-refractivity contribution in [3.63, 3.8) is 0 Å². The predicted molar refractivity (Wildman–Crippen MR) is 136 cm³/mol. The van der Waals surface area contributed by atoms with Gasteiger partial charge in [0.15, 0.2) is 11.5 Å².